The van der Waals surface area contributed by atoms with Crippen LogP contribution in [0, 0.1) is 0 Å². The summed E-state index contributed by atoms with van der Waals surface area (Å²) in [5, 5.41) is 12.1. The zero-order chi connectivity index (χ0) is 20.4. The average Bonchev–Trinajstić information content (AvgIpc) is 3.08. The lowest BCUT2D eigenvalue weighted by Crippen LogP contribution is -2.18. The zero-order valence-electron chi connectivity index (χ0n) is 16.7. The summed E-state index contributed by atoms with van der Waals surface area (Å²) in [6.45, 7) is 2.68. The van der Waals surface area contributed by atoms with Crippen molar-refractivity contribution in [3.8, 4) is 0 Å². The van der Waals surface area contributed by atoms with Gasteiger partial charge in [0.25, 0.3) is 0 Å². The molecular weight excluding hydrogens is 382 g/mol. The number of fused-ring (bicyclic) bond motifs is 1. The molecule has 0 aliphatic carbocycles. The molecule has 0 spiro atoms. The van der Waals surface area contributed by atoms with E-state index in [1.54, 1.807) is 13.4 Å². The van der Waals surface area contributed by atoms with Gasteiger partial charge in [0.1, 0.15) is 0 Å². The third kappa shape index (κ3) is 6.68. The molecule has 0 aromatic carbocycles. The van der Waals surface area contributed by atoms with Crippen molar-refractivity contribution in [1.82, 2.24) is 19.5 Å². The van der Waals surface area contributed by atoms with Crippen LogP contribution in [0.3, 0.4) is 0 Å². The number of imidazole rings is 1. The number of aliphatic hydroxyl groups excluding tert-OH is 1. The standard InChI is InChI=1S/C19H30ClN5O3/c1-3-4-5-6-7-8-9-15(27)22-17-16-18(24-19(20)23-17)25(13-21-16)11-10-14(12-26)28-2/h13-14,26H,3-12H2,1-2H3,(H,22,23,24,27). The van der Waals surface area contributed by atoms with Crippen LogP contribution in [0.1, 0.15) is 58.3 Å². The normalized spacial score (nSPS) is 12.4. The second-order valence-corrected chi connectivity index (χ2v) is 7.18. The summed E-state index contributed by atoms with van der Waals surface area (Å²) in [6, 6.07) is 0. The van der Waals surface area contributed by atoms with Gasteiger partial charge in [-0.2, -0.15) is 9.97 Å². The molecule has 0 aliphatic heterocycles. The molecule has 2 aromatic heterocycles. The Labute approximate surface area is 170 Å². The minimum absolute atomic E-state index is 0.0505. The Morgan fingerprint density at radius 3 is 2.75 bits per heavy atom. The molecule has 8 nitrogen and oxygen atoms in total. The predicted molar refractivity (Wildman–Crippen MR) is 109 cm³/mol. The largest absolute Gasteiger partial charge is 0.394 e. The van der Waals surface area contributed by atoms with E-state index >= 15 is 0 Å². The van der Waals surface area contributed by atoms with Gasteiger partial charge in [-0.3, -0.25) is 4.79 Å². The number of unbranched alkanes of at least 4 members (excludes halogenated alkanes) is 5. The highest BCUT2D eigenvalue weighted by atomic mass is 35.5. The van der Waals surface area contributed by atoms with E-state index in [9.17, 15) is 9.90 Å². The number of nitrogens with zero attached hydrogens (tertiary/aromatic N) is 4. The molecule has 0 radical (unpaired) electrons. The van der Waals surface area contributed by atoms with Crippen molar-refractivity contribution in [2.24, 2.45) is 0 Å². The molecule has 2 rings (SSSR count). The number of ether oxygens (including phenoxy) is 1. The van der Waals surface area contributed by atoms with Gasteiger partial charge >= 0.3 is 0 Å². The van der Waals surface area contributed by atoms with E-state index in [0.29, 0.717) is 36.4 Å². The topological polar surface area (TPSA) is 102 Å². The van der Waals surface area contributed by atoms with E-state index < -0.39 is 0 Å². The van der Waals surface area contributed by atoms with Crippen molar-refractivity contribution in [2.75, 3.05) is 19.0 Å². The number of hydrogen-bond acceptors (Lipinski definition) is 6. The van der Waals surface area contributed by atoms with Gasteiger partial charge in [-0.25, -0.2) is 4.98 Å². The van der Waals surface area contributed by atoms with Crippen LogP contribution in [-0.2, 0) is 16.1 Å². The summed E-state index contributed by atoms with van der Waals surface area (Å²) < 4.78 is 6.99. The molecular formula is C19H30ClN5O3. The smallest absolute Gasteiger partial charge is 0.226 e. The minimum Gasteiger partial charge on any atom is -0.394 e. The molecule has 0 aliphatic rings. The second-order valence-electron chi connectivity index (χ2n) is 6.85. The first kappa shape index (κ1) is 22.5. The summed E-state index contributed by atoms with van der Waals surface area (Å²) in [5.41, 5.74) is 1.04. The third-order valence-corrected chi connectivity index (χ3v) is 4.85. The molecule has 0 bridgehead atoms. The van der Waals surface area contributed by atoms with Crippen molar-refractivity contribution in [1.29, 1.82) is 0 Å². The molecule has 0 fully saturated rings. The molecule has 0 saturated heterocycles. The lowest BCUT2D eigenvalue weighted by molar-refractivity contribution is -0.116. The fraction of sp³-hybridized carbons (Fsp3) is 0.684. The quantitative estimate of drug-likeness (QED) is 0.386. The summed E-state index contributed by atoms with van der Waals surface area (Å²) in [6.07, 6.45) is 9.15. The molecule has 9 heteroatoms. The van der Waals surface area contributed by atoms with E-state index in [2.05, 4.69) is 27.2 Å². The highest BCUT2D eigenvalue weighted by Crippen LogP contribution is 2.22. The lowest BCUT2D eigenvalue weighted by atomic mass is 10.1. The number of carbonyl (C=O) groups is 1. The van der Waals surface area contributed by atoms with Gasteiger partial charge in [0.05, 0.1) is 19.0 Å². The fourth-order valence-electron chi connectivity index (χ4n) is 3.00. The van der Waals surface area contributed by atoms with Crippen LogP contribution in [0.15, 0.2) is 6.33 Å². The van der Waals surface area contributed by atoms with Crippen molar-refractivity contribution >= 4 is 34.5 Å². The van der Waals surface area contributed by atoms with E-state index in [0.717, 1.165) is 19.3 Å². The SMILES string of the molecule is CCCCCCCCC(=O)Nc1nc(Cl)nc2c1ncn2CCC(CO)OC. The number of methoxy groups -OCH3 is 1. The van der Waals surface area contributed by atoms with Crippen molar-refractivity contribution in [3.05, 3.63) is 11.6 Å². The highest BCUT2D eigenvalue weighted by molar-refractivity contribution is 6.28. The van der Waals surface area contributed by atoms with Crippen LogP contribution >= 0.6 is 11.6 Å². The number of carbonyl (C=O) groups excluding carboxylic acids is 1. The summed E-state index contributed by atoms with van der Waals surface area (Å²) >= 11 is 6.05. The molecule has 28 heavy (non-hydrogen) atoms. The van der Waals surface area contributed by atoms with E-state index in [-0.39, 0.29) is 23.9 Å². The van der Waals surface area contributed by atoms with Crippen LogP contribution in [0.4, 0.5) is 5.82 Å². The predicted octanol–water partition coefficient (Wildman–Crippen LogP) is 3.57. The van der Waals surface area contributed by atoms with Crippen LogP contribution in [0.25, 0.3) is 11.2 Å². The van der Waals surface area contributed by atoms with Gasteiger partial charge in [-0.15, -0.1) is 0 Å². The Morgan fingerprint density at radius 2 is 2.04 bits per heavy atom. The number of aromatic nitrogens is 4. The zero-order valence-corrected chi connectivity index (χ0v) is 17.4. The van der Waals surface area contributed by atoms with Gasteiger partial charge < -0.3 is 19.7 Å². The van der Waals surface area contributed by atoms with E-state index in [1.807, 2.05) is 4.57 Å². The lowest BCUT2D eigenvalue weighted by Gasteiger charge is -2.12. The first-order chi connectivity index (χ1) is 13.6. The van der Waals surface area contributed by atoms with E-state index in [4.69, 9.17) is 16.3 Å². The summed E-state index contributed by atoms with van der Waals surface area (Å²) in [5.74, 6) is 0.232. The highest BCUT2D eigenvalue weighted by Gasteiger charge is 2.16. The summed E-state index contributed by atoms with van der Waals surface area (Å²) in [7, 11) is 1.56. The van der Waals surface area contributed by atoms with Crippen molar-refractivity contribution in [2.45, 2.75) is 70.9 Å². The summed E-state index contributed by atoms with van der Waals surface area (Å²) in [4.78, 5) is 25.0. The number of amides is 1. The first-order valence-electron chi connectivity index (χ1n) is 9.90. The third-order valence-electron chi connectivity index (χ3n) is 4.68. The molecule has 0 saturated carbocycles. The van der Waals surface area contributed by atoms with Crippen molar-refractivity contribution in [3.63, 3.8) is 0 Å². The monoisotopic (exact) mass is 411 g/mol. The molecule has 2 heterocycles. The molecule has 1 unspecified atom stereocenters. The van der Waals surface area contributed by atoms with Crippen molar-refractivity contribution < 1.29 is 14.6 Å². The number of hydrogen-bond donors (Lipinski definition) is 2. The number of halogens is 1. The van der Waals surface area contributed by atoms with Gasteiger partial charge in [-0.1, -0.05) is 39.0 Å². The number of nitrogens with one attached hydrogen (secondary N) is 1. The Hall–Kier alpha value is -1.77. The Kier molecular flexibility index (Phi) is 9.60. The molecule has 2 aromatic rings. The Balaban J connectivity index is 1.98. The van der Waals surface area contributed by atoms with Gasteiger partial charge in [0.15, 0.2) is 17.0 Å². The van der Waals surface area contributed by atoms with Gasteiger partial charge in [-0.05, 0) is 24.4 Å². The number of anilines is 1. The first-order valence-corrected chi connectivity index (χ1v) is 10.3. The van der Waals surface area contributed by atoms with Crippen LogP contribution < -0.4 is 5.32 Å². The molecule has 1 atom stereocenters. The van der Waals surface area contributed by atoms with Crippen LogP contribution in [0.5, 0.6) is 0 Å². The maximum absolute atomic E-state index is 12.3. The average molecular weight is 412 g/mol. The number of rotatable bonds is 13. The van der Waals surface area contributed by atoms with Crippen LogP contribution in [0.2, 0.25) is 5.28 Å². The minimum atomic E-state index is -0.258. The number of aryl methyl sites for hydroxylation is 1. The maximum Gasteiger partial charge on any atom is 0.226 e. The molecule has 2 N–H and O–H groups in total. The van der Waals surface area contributed by atoms with Gasteiger partial charge in [0, 0.05) is 20.1 Å². The maximum atomic E-state index is 12.3. The molecule has 1 amide bonds. The molecule has 156 valence electrons. The number of aliphatic hydroxyl groups is 1. The van der Waals surface area contributed by atoms with Gasteiger partial charge in [0.2, 0.25) is 11.2 Å². The van der Waals surface area contributed by atoms with Crippen LogP contribution in [-0.4, -0.2) is 50.4 Å². The van der Waals surface area contributed by atoms with E-state index in [1.165, 1.54) is 19.3 Å². The Bertz CT molecular complexity index is 748. The Morgan fingerprint density at radius 1 is 1.29 bits per heavy atom. The fourth-order valence-corrected chi connectivity index (χ4v) is 3.16. The second kappa shape index (κ2) is 11.9.